The number of aromatic nitrogens is 5. The van der Waals surface area contributed by atoms with Crippen LogP contribution in [0, 0.1) is 11.3 Å². The fourth-order valence-corrected chi connectivity index (χ4v) is 6.29. The summed E-state index contributed by atoms with van der Waals surface area (Å²) in [7, 11) is 0. The maximum Gasteiger partial charge on any atom is 0.238 e. The van der Waals surface area contributed by atoms with Crippen LogP contribution in [0.5, 0.6) is 0 Å². The lowest BCUT2D eigenvalue weighted by atomic mass is 10.0. The van der Waals surface area contributed by atoms with E-state index in [4.69, 9.17) is 20.9 Å². The van der Waals surface area contributed by atoms with Crippen molar-refractivity contribution in [1.29, 1.82) is 5.26 Å². The lowest BCUT2D eigenvalue weighted by molar-refractivity contribution is 0.953. The summed E-state index contributed by atoms with van der Waals surface area (Å²) in [6.45, 7) is 0. The Morgan fingerprint density at radius 3 is 1.73 bits per heavy atom. The first-order chi connectivity index (χ1) is 32.4. The Balaban J connectivity index is 1.23. The molecule has 0 saturated carbocycles. The molecule has 6 nitrogen and oxygen atoms in total. The van der Waals surface area contributed by atoms with Crippen LogP contribution in [0.1, 0.15) is 27.5 Å². The number of nitrogens with zero attached hydrogens (tertiary/aromatic N) is 6. The lowest BCUT2D eigenvalue weighted by Gasteiger charge is -2.11. The maximum atomic E-state index is 9.71. The summed E-state index contributed by atoms with van der Waals surface area (Å²) in [6, 6.07) is 11.2. The molecular weight excluding hydrogens is 637 g/mol. The van der Waals surface area contributed by atoms with E-state index in [1.54, 1.807) is 53.1 Å². The predicted molar refractivity (Wildman–Crippen MR) is 210 cm³/mol. The van der Waals surface area contributed by atoms with E-state index in [0.717, 1.165) is 15.3 Å². The molecule has 0 amide bonds. The van der Waals surface area contributed by atoms with E-state index in [1.807, 2.05) is 24.3 Å². The first-order valence-electron chi connectivity index (χ1n) is 23.9. The third kappa shape index (κ3) is 4.76. The van der Waals surface area contributed by atoms with Crippen LogP contribution < -0.4 is 0 Å². The average Bonchev–Trinajstić information content (AvgIpc) is 3.87. The van der Waals surface area contributed by atoms with E-state index in [2.05, 4.69) is 11.1 Å². The van der Waals surface area contributed by atoms with Crippen molar-refractivity contribution in [1.82, 2.24) is 24.1 Å². The summed E-state index contributed by atoms with van der Waals surface area (Å²) >= 11 is 0. The van der Waals surface area contributed by atoms with Gasteiger partial charge in [0, 0.05) is 38.4 Å². The van der Waals surface area contributed by atoms with Crippen LogP contribution >= 0.6 is 0 Å². The van der Waals surface area contributed by atoms with Crippen LogP contribution in [0.15, 0.2) is 169 Å². The van der Waals surface area contributed by atoms with Gasteiger partial charge in [-0.3, -0.25) is 4.57 Å². The molecular formula is C46H28N6. The van der Waals surface area contributed by atoms with Crippen molar-refractivity contribution in [2.45, 2.75) is 0 Å². The Morgan fingerprint density at radius 2 is 1.04 bits per heavy atom. The van der Waals surface area contributed by atoms with E-state index < -0.39 is 125 Å². The van der Waals surface area contributed by atoms with Gasteiger partial charge in [0.05, 0.1) is 55.6 Å². The molecule has 6 heteroatoms. The Morgan fingerprint density at radius 1 is 0.462 bits per heavy atom. The molecule has 0 saturated heterocycles. The molecule has 3 aromatic heterocycles. The second kappa shape index (κ2) is 11.9. The molecule has 10 rings (SSSR count). The molecule has 3 heterocycles. The number of hydrogen-bond acceptors (Lipinski definition) is 4. The SMILES string of the molecule is [2H]c1c([2H])c(-c2c([2H])c([2H])c(-n3c4c([2H])c([2H])c([2H])c([2H])c4c4c([2H])c([2H])c([2H])c([2H])c43)c([2H])c2[2H])c([2H])c([2H])c1-c1nc(-c2ccccc2)nc(-n2c3ccccc3c3cc(C#N)ccc32)n1. The standard InChI is InChI=1S/C46H28N6/c47-29-30-18-27-43-39(28-30)38-14-6-9-17-42(38)52(43)46-49-44(33-10-2-1-3-11-33)48-45(50-46)34-21-19-31(20-22-34)32-23-25-35(26-24-32)51-40-15-7-4-12-36(40)37-13-5-8-16-41(37)51/h1-28H/i4D,5D,7D,8D,12D,13D,15D,16D,19D,20D,21D,22D,23D,24D,25D,26D. The number of hydrogen-bond donors (Lipinski definition) is 0. The summed E-state index contributed by atoms with van der Waals surface area (Å²) < 4.78 is 146. The smallest absolute Gasteiger partial charge is 0.238 e. The summed E-state index contributed by atoms with van der Waals surface area (Å²) in [6.07, 6.45) is 0. The van der Waals surface area contributed by atoms with Crippen LogP contribution in [-0.2, 0) is 0 Å². The molecule has 0 aliphatic carbocycles. The first-order valence-corrected chi connectivity index (χ1v) is 15.9. The topological polar surface area (TPSA) is 72.3 Å². The third-order valence-electron chi connectivity index (χ3n) is 8.62. The molecule has 0 unspecified atom stereocenters. The van der Waals surface area contributed by atoms with Gasteiger partial charge >= 0.3 is 0 Å². The van der Waals surface area contributed by atoms with Crippen molar-refractivity contribution in [3.05, 3.63) is 175 Å². The first kappa shape index (κ1) is 17.5. The zero-order chi connectivity index (χ0) is 48.5. The fraction of sp³-hybridized carbons (Fsp3) is 0. The molecule has 0 aliphatic heterocycles. The number of nitriles is 1. The van der Waals surface area contributed by atoms with Gasteiger partial charge < -0.3 is 4.57 Å². The van der Waals surface area contributed by atoms with Crippen LogP contribution in [0.2, 0.25) is 0 Å². The molecule has 0 N–H and O–H groups in total. The normalized spacial score (nSPS) is 15.8. The Kier molecular flexibility index (Phi) is 4.01. The molecule has 10 aromatic rings. The summed E-state index contributed by atoms with van der Waals surface area (Å²) in [5, 5.41) is 10.5. The van der Waals surface area contributed by atoms with Gasteiger partial charge in [0.2, 0.25) is 5.95 Å². The summed E-state index contributed by atoms with van der Waals surface area (Å²) in [4.78, 5) is 14.2. The molecule has 0 radical (unpaired) electrons. The van der Waals surface area contributed by atoms with Crippen LogP contribution in [-0.4, -0.2) is 24.1 Å². The van der Waals surface area contributed by atoms with Crippen molar-refractivity contribution in [3.8, 4) is 51.6 Å². The van der Waals surface area contributed by atoms with Crippen LogP contribution in [0.25, 0.3) is 89.2 Å². The van der Waals surface area contributed by atoms with Crippen LogP contribution in [0.3, 0.4) is 0 Å². The minimum atomic E-state index is -0.886. The van der Waals surface area contributed by atoms with Gasteiger partial charge in [-0.05, 0) is 59.6 Å². The lowest BCUT2D eigenvalue weighted by Crippen LogP contribution is -2.06. The average molecular weight is 681 g/mol. The molecule has 52 heavy (non-hydrogen) atoms. The Hall–Kier alpha value is -7.36. The fourth-order valence-electron chi connectivity index (χ4n) is 6.29. The van der Waals surface area contributed by atoms with Gasteiger partial charge in [-0.2, -0.15) is 15.2 Å². The van der Waals surface area contributed by atoms with Crippen molar-refractivity contribution in [2.75, 3.05) is 0 Å². The maximum absolute atomic E-state index is 9.71. The molecule has 0 fully saturated rings. The second-order valence-electron chi connectivity index (χ2n) is 11.6. The zero-order valence-electron chi connectivity index (χ0n) is 42.6. The summed E-state index contributed by atoms with van der Waals surface area (Å²) in [5.41, 5.74) is -0.994. The zero-order valence-corrected chi connectivity index (χ0v) is 26.6. The number of para-hydroxylation sites is 3. The van der Waals surface area contributed by atoms with Gasteiger partial charge in [0.1, 0.15) is 0 Å². The quantitative estimate of drug-likeness (QED) is 0.181. The minimum Gasteiger partial charge on any atom is -0.309 e. The van der Waals surface area contributed by atoms with Crippen molar-refractivity contribution in [2.24, 2.45) is 0 Å². The molecule has 7 aromatic carbocycles. The van der Waals surface area contributed by atoms with Crippen molar-refractivity contribution < 1.29 is 21.9 Å². The summed E-state index contributed by atoms with van der Waals surface area (Å²) in [5.74, 6) is -0.117. The van der Waals surface area contributed by atoms with Crippen molar-refractivity contribution in [3.63, 3.8) is 0 Å². The number of fused-ring (bicyclic) bond motifs is 6. The number of benzene rings is 7. The van der Waals surface area contributed by atoms with E-state index in [1.165, 1.54) is 0 Å². The van der Waals surface area contributed by atoms with Crippen molar-refractivity contribution >= 4 is 43.6 Å². The number of rotatable bonds is 5. The third-order valence-corrected chi connectivity index (χ3v) is 8.62. The van der Waals surface area contributed by atoms with Gasteiger partial charge in [0.25, 0.3) is 0 Å². The minimum absolute atomic E-state index is 0.0423. The monoisotopic (exact) mass is 680 g/mol. The van der Waals surface area contributed by atoms with Gasteiger partial charge in [0.15, 0.2) is 11.6 Å². The highest BCUT2D eigenvalue weighted by Gasteiger charge is 2.18. The van der Waals surface area contributed by atoms with E-state index in [0.29, 0.717) is 22.2 Å². The molecule has 0 bridgehead atoms. The molecule has 0 atom stereocenters. The van der Waals surface area contributed by atoms with Crippen LogP contribution in [0.4, 0.5) is 0 Å². The highest BCUT2D eigenvalue weighted by atomic mass is 15.2. The molecule has 242 valence electrons. The largest absolute Gasteiger partial charge is 0.309 e. The van der Waals surface area contributed by atoms with E-state index >= 15 is 0 Å². The Labute approximate surface area is 321 Å². The highest BCUT2D eigenvalue weighted by Crippen LogP contribution is 2.35. The van der Waals surface area contributed by atoms with Gasteiger partial charge in [-0.15, -0.1) is 0 Å². The molecule has 0 spiro atoms. The predicted octanol–water partition coefficient (Wildman–Crippen LogP) is 10.9. The Bertz CT molecular complexity index is 3820. The van der Waals surface area contributed by atoms with E-state index in [-0.39, 0.29) is 33.9 Å². The second-order valence-corrected chi connectivity index (χ2v) is 11.6. The van der Waals surface area contributed by atoms with Gasteiger partial charge in [-0.1, -0.05) is 121 Å². The van der Waals surface area contributed by atoms with E-state index in [9.17, 15) is 16.2 Å². The highest BCUT2D eigenvalue weighted by molar-refractivity contribution is 6.10. The molecule has 0 aliphatic rings. The van der Waals surface area contributed by atoms with Gasteiger partial charge in [-0.25, -0.2) is 4.98 Å².